The third-order valence-electron chi connectivity index (χ3n) is 1.99. The van der Waals surface area contributed by atoms with E-state index in [4.69, 9.17) is 10.3 Å². The average Bonchev–Trinajstić information content (AvgIpc) is 2.63. The van der Waals surface area contributed by atoms with E-state index >= 15 is 0 Å². The van der Waals surface area contributed by atoms with Crippen molar-refractivity contribution >= 4 is 0 Å². The summed E-state index contributed by atoms with van der Waals surface area (Å²) >= 11 is 0. The Labute approximate surface area is 96.8 Å². The van der Waals surface area contributed by atoms with E-state index in [2.05, 4.69) is 10.1 Å². The van der Waals surface area contributed by atoms with Gasteiger partial charge >= 0.3 is 6.18 Å². The molecule has 0 spiro atoms. The zero-order chi connectivity index (χ0) is 12.9. The van der Waals surface area contributed by atoms with E-state index in [0.717, 1.165) is 0 Å². The van der Waals surface area contributed by atoms with Crippen molar-refractivity contribution in [2.75, 3.05) is 13.1 Å². The minimum atomic E-state index is -4.23. The van der Waals surface area contributed by atoms with Gasteiger partial charge in [-0.3, -0.25) is 4.90 Å². The molecule has 8 heteroatoms. The Hall–Kier alpha value is -1.15. The van der Waals surface area contributed by atoms with Crippen LogP contribution in [0, 0.1) is 0 Å². The molecule has 0 amide bonds. The number of halogens is 3. The van der Waals surface area contributed by atoms with Gasteiger partial charge < -0.3 is 10.3 Å². The maximum Gasteiger partial charge on any atom is 0.401 e. The summed E-state index contributed by atoms with van der Waals surface area (Å²) in [6.45, 7) is 1.25. The highest BCUT2D eigenvalue weighted by Gasteiger charge is 2.30. The van der Waals surface area contributed by atoms with Gasteiger partial charge in [-0.25, -0.2) is 0 Å². The Bertz CT molecular complexity index is 339. The molecule has 5 nitrogen and oxygen atoms in total. The highest BCUT2D eigenvalue weighted by atomic mass is 19.4. The second kappa shape index (κ2) is 5.97. The number of rotatable bonds is 6. The van der Waals surface area contributed by atoms with Crippen LogP contribution in [0.4, 0.5) is 13.2 Å². The summed E-state index contributed by atoms with van der Waals surface area (Å²) in [5.41, 5.74) is 5.26. The van der Waals surface area contributed by atoms with E-state index < -0.39 is 12.7 Å². The maximum absolute atomic E-state index is 12.3. The van der Waals surface area contributed by atoms with Crippen molar-refractivity contribution in [3.05, 3.63) is 11.7 Å². The Kier molecular flexibility index (Phi) is 4.88. The van der Waals surface area contributed by atoms with Gasteiger partial charge in [-0.05, 0) is 13.0 Å². The predicted molar refractivity (Wildman–Crippen MR) is 53.8 cm³/mol. The SMILES string of the molecule is CCCN(Cc1noc(CN)n1)CC(F)(F)F. The van der Waals surface area contributed by atoms with Crippen LogP contribution in [-0.2, 0) is 13.1 Å². The molecular formula is C9H15F3N4O. The van der Waals surface area contributed by atoms with Crippen LogP contribution < -0.4 is 5.73 Å². The smallest absolute Gasteiger partial charge is 0.338 e. The normalized spacial score (nSPS) is 12.4. The molecule has 0 aliphatic heterocycles. The molecule has 0 radical (unpaired) electrons. The van der Waals surface area contributed by atoms with Gasteiger partial charge in [0.05, 0.1) is 19.6 Å². The van der Waals surface area contributed by atoms with E-state index in [0.29, 0.717) is 13.0 Å². The Morgan fingerprint density at radius 1 is 1.41 bits per heavy atom. The molecule has 98 valence electrons. The fraction of sp³-hybridized carbons (Fsp3) is 0.778. The molecule has 0 bridgehead atoms. The molecule has 0 saturated carbocycles. The van der Waals surface area contributed by atoms with Crippen LogP contribution in [0.3, 0.4) is 0 Å². The number of nitrogens with two attached hydrogens (primary N) is 1. The molecule has 0 aromatic carbocycles. The minimum absolute atomic E-state index is 0.0108. The van der Waals surface area contributed by atoms with E-state index in [1.54, 1.807) is 0 Å². The Balaban J connectivity index is 2.59. The van der Waals surface area contributed by atoms with Crippen molar-refractivity contribution in [1.29, 1.82) is 0 Å². The van der Waals surface area contributed by atoms with Crippen LogP contribution >= 0.6 is 0 Å². The summed E-state index contributed by atoms with van der Waals surface area (Å²) < 4.78 is 41.6. The molecule has 0 fully saturated rings. The first kappa shape index (κ1) is 13.9. The molecule has 0 saturated heterocycles. The molecule has 0 aliphatic carbocycles. The van der Waals surface area contributed by atoms with Gasteiger partial charge in [0.25, 0.3) is 0 Å². The molecule has 0 atom stereocenters. The molecule has 1 aromatic heterocycles. The molecule has 0 aliphatic rings. The number of hydrogen-bond acceptors (Lipinski definition) is 5. The van der Waals surface area contributed by atoms with Crippen molar-refractivity contribution in [3.63, 3.8) is 0 Å². The van der Waals surface area contributed by atoms with Crippen LogP contribution in [0.25, 0.3) is 0 Å². The van der Waals surface area contributed by atoms with Crippen LogP contribution in [0.5, 0.6) is 0 Å². The molecule has 17 heavy (non-hydrogen) atoms. The summed E-state index contributed by atoms with van der Waals surface area (Å²) in [5, 5.41) is 3.56. The topological polar surface area (TPSA) is 68.2 Å². The van der Waals surface area contributed by atoms with Gasteiger partial charge in [-0.15, -0.1) is 0 Å². The Morgan fingerprint density at radius 3 is 2.59 bits per heavy atom. The Morgan fingerprint density at radius 2 is 2.12 bits per heavy atom. The van der Waals surface area contributed by atoms with Crippen LogP contribution in [0.15, 0.2) is 4.52 Å². The lowest BCUT2D eigenvalue weighted by Gasteiger charge is -2.21. The highest BCUT2D eigenvalue weighted by molar-refractivity contribution is 4.86. The van der Waals surface area contributed by atoms with Gasteiger partial charge in [0, 0.05) is 0 Å². The number of alkyl halides is 3. The number of nitrogens with zero attached hydrogens (tertiary/aromatic N) is 3. The maximum atomic E-state index is 12.3. The molecular weight excluding hydrogens is 237 g/mol. The molecule has 1 aromatic rings. The third kappa shape index (κ3) is 5.14. The second-order valence-electron chi connectivity index (χ2n) is 3.63. The van der Waals surface area contributed by atoms with E-state index in [9.17, 15) is 13.2 Å². The molecule has 2 N–H and O–H groups in total. The van der Waals surface area contributed by atoms with Crippen LogP contribution in [-0.4, -0.2) is 34.3 Å². The molecule has 1 rings (SSSR count). The predicted octanol–water partition coefficient (Wildman–Crippen LogP) is 1.30. The second-order valence-corrected chi connectivity index (χ2v) is 3.63. The first-order valence-corrected chi connectivity index (χ1v) is 5.25. The van der Waals surface area contributed by atoms with Crippen LogP contribution in [0.2, 0.25) is 0 Å². The summed E-state index contributed by atoms with van der Waals surface area (Å²) in [4.78, 5) is 5.10. The van der Waals surface area contributed by atoms with E-state index in [-0.39, 0.29) is 24.8 Å². The van der Waals surface area contributed by atoms with Crippen molar-refractivity contribution in [3.8, 4) is 0 Å². The summed E-state index contributed by atoms with van der Waals surface area (Å²) in [6, 6.07) is 0. The van der Waals surface area contributed by atoms with Crippen molar-refractivity contribution < 1.29 is 17.7 Å². The summed E-state index contributed by atoms with van der Waals surface area (Å²) in [5.74, 6) is 0.451. The van der Waals surface area contributed by atoms with Crippen molar-refractivity contribution in [1.82, 2.24) is 15.0 Å². The monoisotopic (exact) mass is 252 g/mol. The molecule has 0 unspecified atom stereocenters. The first-order valence-electron chi connectivity index (χ1n) is 5.25. The third-order valence-corrected chi connectivity index (χ3v) is 1.99. The number of hydrogen-bond donors (Lipinski definition) is 1. The van der Waals surface area contributed by atoms with Gasteiger partial charge in [-0.2, -0.15) is 18.2 Å². The lowest BCUT2D eigenvalue weighted by atomic mass is 10.4. The number of aromatic nitrogens is 2. The summed E-state index contributed by atoms with van der Waals surface area (Å²) in [7, 11) is 0. The summed E-state index contributed by atoms with van der Waals surface area (Å²) in [6.07, 6.45) is -3.60. The van der Waals surface area contributed by atoms with E-state index in [1.807, 2.05) is 6.92 Å². The van der Waals surface area contributed by atoms with Gasteiger partial charge in [-0.1, -0.05) is 12.1 Å². The highest BCUT2D eigenvalue weighted by Crippen LogP contribution is 2.17. The largest absolute Gasteiger partial charge is 0.401 e. The lowest BCUT2D eigenvalue weighted by molar-refractivity contribution is -0.147. The fourth-order valence-corrected chi connectivity index (χ4v) is 1.42. The minimum Gasteiger partial charge on any atom is -0.338 e. The fourth-order valence-electron chi connectivity index (χ4n) is 1.42. The van der Waals surface area contributed by atoms with Gasteiger partial charge in [0.2, 0.25) is 5.89 Å². The van der Waals surface area contributed by atoms with E-state index in [1.165, 1.54) is 4.90 Å². The standard InChI is InChI=1S/C9H15F3N4O/c1-2-3-16(6-9(10,11)12)5-7-14-8(4-13)17-15-7/h2-6,13H2,1H3. The average molecular weight is 252 g/mol. The zero-order valence-corrected chi connectivity index (χ0v) is 9.50. The van der Waals surface area contributed by atoms with Crippen LogP contribution in [0.1, 0.15) is 25.1 Å². The van der Waals surface area contributed by atoms with Gasteiger partial charge in [0.15, 0.2) is 5.82 Å². The first-order chi connectivity index (χ1) is 7.94. The lowest BCUT2D eigenvalue weighted by Crippen LogP contribution is -2.34. The quantitative estimate of drug-likeness (QED) is 0.826. The van der Waals surface area contributed by atoms with Crippen molar-refractivity contribution in [2.24, 2.45) is 5.73 Å². The zero-order valence-electron chi connectivity index (χ0n) is 9.50. The van der Waals surface area contributed by atoms with Crippen molar-refractivity contribution in [2.45, 2.75) is 32.6 Å². The van der Waals surface area contributed by atoms with Gasteiger partial charge in [0.1, 0.15) is 0 Å². The molecule has 1 heterocycles.